The van der Waals surface area contributed by atoms with Crippen LogP contribution in [0.1, 0.15) is 84.0 Å². The molecular weight excluding hydrogens is 318 g/mol. The maximum Gasteiger partial charge on any atom is 1.00 e. The normalized spacial score (nSPS) is 11.1. The molecule has 0 radical (unpaired) electrons. The summed E-state index contributed by atoms with van der Waals surface area (Å²) in [6.07, 6.45) is 12.6. The molecule has 0 aliphatic carbocycles. The SMILES string of the molecule is CCCCCCCCCCCCC(CC(=O)[O-])C(=O)[S-].[Na+].[Na+]. The first-order valence-electron chi connectivity index (χ1n) is 7.98. The standard InChI is InChI=1S/C16H30O3S.2Na/c1-2-3-4-5-6-7-8-9-10-11-12-14(16(19)20)13-15(17)18;;/h14H,2-13H2,1H3,(H,17,18)(H,19,20);;/q;2*+1/p-2. The molecule has 118 valence electrons. The first-order valence-corrected chi connectivity index (χ1v) is 8.39. The van der Waals surface area contributed by atoms with Gasteiger partial charge in [0.2, 0.25) is 0 Å². The van der Waals surface area contributed by atoms with Crippen molar-refractivity contribution in [3.8, 4) is 0 Å². The molecule has 0 saturated heterocycles. The van der Waals surface area contributed by atoms with Crippen LogP contribution in [0.5, 0.6) is 0 Å². The first-order chi connectivity index (χ1) is 9.57. The predicted molar refractivity (Wildman–Crippen MR) is 81.9 cm³/mol. The van der Waals surface area contributed by atoms with Gasteiger partial charge in [-0.1, -0.05) is 71.1 Å². The molecule has 0 bridgehead atoms. The fraction of sp³-hybridized carbons (Fsp3) is 0.875. The summed E-state index contributed by atoms with van der Waals surface area (Å²) >= 11 is 4.56. The van der Waals surface area contributed by atoms with Crippen molar-refractivity contribution < 1.29 is 73.8 Å². The molecule has 0 aliphatic rings. The van der Waals surface area contributed by atoms with E-state index in [4.69, 9.17) is 0 Å². The molecule has 0 aliphatic heterocycles. The van der Waals surface area contributed by atoms with Crippen LogP contribution in [0, 0.1) is 5.92 Å². The van der Waals surface area contributed by atoms with E-state index in [-0.39, 0.29) is 65.5 Å². The summed E-state index contributed by atoms with van der Waals surface area (Å²) in [5.74, 6) is -1.70. The zero-order chi connectivity index (χ0) is 15.2. The molecule has 0 rings (SSSR count). The van der Waals surface area contributed by atoms with Gasteiger partial charge in [-0.15, -0.1) is 0 Å². The Labute approximate surface area is 185 Å². The van der Waals surface area contributed by atoms with E-state index in [1.165, 1.54) is 44.9 Å². The summed E-state index contributed by atoms with van der Waals surface area (Å²) in [6, 6.07) is 0. The van der Waals surface area contributed by atoms with E-state index in [1.54, 1.807) is 0 Å². The van der Waals surface area contributed by atoms with Crippen molar-refractivity contribution in [2.24, 2.45) is 5.92 Å². The van der Waals surface area contributed by atoms with Crippen LogP contribution in [0.25, 0.3) is 0 Å². The van der Waals surface area contributed by atoms with Crippen molar-refractivity contribution in [1.29, 1.82) is 0 Å². The molecule has 0 amide bonds. The molecule has 0 fully saturated rings. The van der Waals surface area contributed by atoms with Crippen LogP contribution in [0.4, 0.5) is 0 Å². The van der Waals surface area contributed by atoms with Crippen molar-refractivity contribution in [2.75, 3.05) is 0 Å². The molecule has 0 saturated carbocycles. The number of carbonyl (C=O) groups excluding carboxylic acids is 2. The molecule has 0 aromatic carbocycles. The van der Waals surface area contributed by atoms with Crippen LogP contribution < -0.4 is 64.2 Å². The van der Waals surface area contributed by atoms with Crippen LogP contribution in [-0.4, -0.2) is 11.1 Å². The molecule has 0 N–H and O–H groups in total. The minimum Gasteiger partial charge on any atom is -0.742 e. The molecule has 0 spiro atoms. The average Bonchev–Trinajstić information content (AvgIpc) is 2.39. The summed E-state index contributed by atoms with van der Waals surface area (Å²) in [7, 11) is 0. The molecule has 3 nitrogen and oxygen atoms in total. The number of aliphatic carboxylic acids is 1. The predicted octanol–water partition coefficient (Wildman–Crippen LogP) is -2.86. The number of carbonyl (C=O) groups is 2. The summed E-state index contributed by atoms with van der Waals surface area (Å²) < 4.78 is 0. The zero-order valence-corrected chi connectivity index (χ0v) is 19.5. The van der Waals surface area contributed by atoms with Gasteiger partial charge in [-0.3, -0.25) is 0 Å². The third kappa shape index (κ3) is 19.4. The van der Waals surface area contributed by atoms with Crippen LogP contribution in [0.3, 0.4) is 0 Å². The van der Waals surface area contributed by atoms with Crippen LogP contribution in [0.2, 0.25) is 0 Å². The molecule has 0 heterocycles. The fourth-order valence-corrected chi connectivity index (χ4v) is 2.58. The average molecular weight is 346 g/mol. The van der Waals surface area contributed by atoms with Gasteiger partial charge in [-0.2, -0.15) is 0 Å². The van der Waals surface area contributed by atoms with E-state index in [0.29, 0.717) is 6.42 Å². The van der Waals surface area contributed by atoms with E-state index >= 15 is 0 Å². The minimum absolute atomic E-state index is 0. The largest absolute Gasteiger partial charge is 1.00 e. The van der Waals surface area contributed by atoms with Gasteiger partial charge in [-0.25, -0.2) is 0 Å². The van der Waals surface area contributed by atoms with Crippen LogP contribution in [0.15, 0.2) is 0 Å². The fourth-order valence-electron chi connectivity index (χ4n) is 2.38. The molecule has 0 aromatic heterocycles. The summed E-state index contributed by atoms with van der Waals surface area (Å²) in [5, 5.41) is 10.0. The second-order valence-electron chi connectivity index (χ2n) is 5.56. The number of hydrogen-bond acceptors (Lipinski definition) is 4. The molecular formula is C16H28Na2O3S. The molecule has 1 unspecified atom stereocenters. The van der Waals surface area contributed by atoms with Gasteiger partial charge in [-0.05, 0) is 12.8 Å². The Kier molecular flexibility index (Phi) is 26.1. The van der Waals surface area contributed by atoms with Crippen molar-refractivity contribution in [3.05, 3.63) is 0 Å². The number of carboxylic acids is 1. The second kappa shape index (κ2) is 20.4. The maximum atomic E-state index is 11.1. The van der Waals surface area contributed by atoms with E-state index in [0.717, 1.165) is 19.3 Å². The molecule has 22 heavy (non-hydrogen) atoms. The van der Waals surface area contributed by atoms with E-state index in [2.05, 4.69) is 19.6 Å². The molecule has 6 heteroatoms. The smallest absolute Gasteiger partial charge is 0.742 e. The maximum absolute atomic E-state index is 11.1. The van der Waals surface area contributed by atoms with Gasteiger partial charge in [0.15, 0.2) is 0 Å². The first kappa shape index (κ1) is 28.2. The van der Waals surface area contributed by atoms with Crippen LogP contribution >= 0.6 is 0 Å². The summed E-state index contributed by atoms with van der Waals surface area (Å²) in [6.45, 7) is 2.22. The topological polar surface area (TPSA) is 57.2 Å². The Morgan fingerprint density at radius 3 is 1.64 bits per heavy atom. The minimum atomic E-state index is -1.18. The summed E-state index contributed by atoms with van der Waals surface area (Å²) in [4.78, 5) is 21.6. The van der Waals surface area contributed by atoms with Crippen molar-refractivity contribution in [1.82, 2.24) is 0 Å². The third-order valence-corrected chi connectivity index (χ3v) is 3.99. The Hall–Kier alpha value is 1.36. The monoisotopic (exact) mass is 346 g/mol. The van der Waals surface area contributed by atoms with Crippen molar-refractivity contribution in [2.45, 2.75) is 84.0 Å². The molecule has 1 atom stereocenters. The van der Waals surface area contributed by atoms with E-state index < -0.39 is 17.0 Å². The Balaban J connectivity index is -0.00000180. The second-order valence-corrected chi connectivity index (χ2v) is 5.97. The Morgan fingerprint density at radius 2 is 1.27 bits per heavy atom. The van der Waals surface area contributed by atoms with E-state index in [1.807, 2.05) is 0 Å². The van der Waals surface area contributed by atoms with Gasteiger partial charge in [0.25, 0.3) is 0 Å². The van der Waals surface area contributed by atoms with Gasteiger partial charge in [0.05, 0.1) is 0 Å². The van der Waals surface area contributed by atoms with E-state index in [9.17, 15) is 14.7 Å². The van der Waals surface area contributed by atoms with Gasteiger partial charge in [0, 0.05) is 17.0 Å². The van der Waals surface area contributed by atoms with Crippen LogP contribution in [-0.2, 0) is 22.2 Å². The quantitative estimate of drug-likeness (QED) is 0.193. The van der Waals surface area contributed by atoms with Gasteiger partial charge in [0.1, 0.15) is 0 Å². The number of rotatable bonds is 14. The third-order valence-electron chi connectivity index (χ3n) is 3.65. The Bertz CT molecular complexity index is 276. The Morgan fingerprint density at radius 1 is 0.864 bits per heavy atom. The number of hydrogen-bond donors (Lipinski definition) is 0. The van der Waals surface area contributed by atoms with Gasteiger partial charge >= 0.3 is 59.1 Å². The van der Waals surface area contributed by atoms with Crippen molar-refractivity contribution in [3.63, 3.8) is 0 Å². The number of carboxylic acid groups (broad SMARTS) is 1. The molecule has 0 aromatic rings. The van der Waals surface area contributed by atoms with Crippen molar-refractivity contribution >= 4 is 23.7 Å². The summed E-state index contributed by atoms with van der Waals surface area (Å²) in [5.41, 5.74) is 0. The van der Waals surface area contributed by atoms with Gasteiger partial charge < -0.3 is 27.3 Å². The number of unbranched alkanes of at least 4 members (excludes halogenated alkanes) is 9. The zero-order valence-electron chi connectivity index (χ0n) is 14.7.